The Morgan fingerprint density at radius 1 is 1.13 bits per heavy atom. The van der Waals surface area contributed by atoms with Gasteiger partial charge in [-0.05, 0) is 36.8 Å². The van der Waals surface area contributed by atoms with Gasteiger partial charge in [0.15, 0.2) is 0 Å². The minimum atomic E-state index is -4.39. The number of nitrogens with one attached hydrogen (secondary N) is 1. The zero-order chi connectivity index (χ0) is 16.4. The van der Waals surface area contributed by atoms with E-state index >= 15 is 0 Å². The number of aromatic nitrogens is 2. The summed E-state index contributed by atoms with van der Waals surface area (Å²) >= 11 is 0. The summed E-state index contributed by atoms with van der Waals surface area (Å²) in [5, 5.41) is 2.93. The highest BCUT2D eigenvalue weighted by molar-refractivity contribution is 6.00. The molecule has 1 atom stereocenters. The first-order valence-electron chi connectivity index (χ1n) is 6.97. The summed E-state index contributed by atoms with van der Waals surface area (Å²) in [4.78, 5) is 21.8. The van der Waals surface area contributed by atoms with Crippen molar-refractivity contribution in [2.75, 3.05) is 16.8 Å². The third-order valence-electron chi connectivity index (χ3n) is 3.58. The van der Waals surface area contributed by atoms with Crippen molar-refractivity contribution in [2.45, 2.75) is 18.6 Å². The minimum Gasteiger partial charge on any atom is -0.342 e. The van der Waals surface area contributed by atoms with Crippen LogP contribution in [0.25, 0.3) is 0 Å². The second-order valence-electron chi connectivity index (χ2n) is 5.09. The van der Waals surface area contributed by atoms with E-state index in [1.807, 2.05) is 0 Å². The fourth-order valence-corrected chi connectivity index (χ4v) is 2.43. The largest absolute Gasteiger partial charge is 0.416 e. The first kappa shape index (κ1) is 15.3. The van der Waals surface area contributed by atoms with Gasteiger partial charge in [-0.15, -0.1) is 0 Å². The van der Waals surface area contributed by atoms with E-state index in [9.17, 15) is 18.0 Å². The molecule has 0 aliphatic carbocycles. The SMILES string of the molecule is O=C1[C@@H](Nc2ncccn2)CCN1c1ccc(C(F)(F)F)cc1. The number of alkyl halides is 3. The van der Waals surface area contributed by atoms with Crippen LogP contribution in [0.4, 0.5) is 24.8 Å². The quantitative estimate of drug-likeness (QED) is 0.944. The molecule has 0 saturated carbocycles. The van der Waals surface area contributed by atoms with Crippen LogP contribution in [0.2, 0.25) is 0 Å². The van der Waals surface area contributed by atoms with Crippen LogP contribution in [-0.4, -0.2) is 28.5 Å². The van der Waals surface area contributed by atoms with Crippen molar-refractivity contribution in [3.63, 3.8) is 0 Å². The Hall–Kier alpha value is -2.64. The molecule has 5 nitrogen and oxygen atoms in total. The monoisotopic (exact) mass is 322 g/mol. The summed E-state index contributed by atoms with van der Waals surface area (Å²) in [5.41, 5.74) is -0.290. The fraction of sp³-hybridized carbons (Fsp3) is 0.267. The van der Waals surface area contributed by atoms with Gasteiger partial charge >= 0.3 is 6.18 Å². The molecule has 120 valence electrons. The predicted molar refractivity (Wildman–Crippen MR) is 77.9 cm³/mol. The van der Waals surface area contributed by atoms with Crippen molar-refractivity contribution < 1.29 is 18.0 Å². The van der Waals surface area contributed by atoms with Crippen LogP contribution in [0.1, 0.15) is 12.0 Å². The first-order valence-corrected chi connectivity index (χ1v) is 6.97. The van der Waals surface area contributed by atoms with Crippen molar-refractivity contribution in [1.82, 2.24) is 9.97 Å². The van der Waals surface area contributed by atoms with Crippen molar-refractivity contribution in [2.24, 2.45) is 0 Å². The summed E-state index contributed by atoms with van der Waals surface area (Å²) in [6.45, 7) is 0.425. The average molecular weight is 322 g/mol. The lowest BCUT2D eigenvalue weighted by Crippen LogP contribution is -2.33. The number of amides is 1. The second-order valence-corrected chi connectivity index (χ2v) is 5.09. The summed E-state index contributed by atoms with van der Waals surface area (Å²) in [6.07, 6.45) is -0.745. The molecular formula is C15H13F3N4O. The lowest BCUT2D eigenvalue weighted by atomic mass is 10.2. The van der Waals surface area contributed by atoms with Crippen molar-refractivity contribution >= 4 is 17.5 Å². The van der Waals surface area contributed by atoms with E-state index in [0.717, 1.165) is 12.1 Å². The molecule has 8 heteroatoms. The van der Waals surface area contributed by atoms with Crippen LogP contribution < -0.4 is 10.2 Å². The summed E-state index contributed by atoms with van der Waals surface area (Å²) in [6, 6.07) is 5.74. The highest BCUT2D eigenvalue weighted by atomic mass is 19.4. The van der Waals surface area contributed by atoms with Gasteiger partial charge in [-0.25, -0.2) is 9.97 Å². The van der Waals surface area contributed by atoms with E-state index in [1.54, 1.807) is 18.5 Å². The zero-order valence-corrected chi connectivity index (χ0v) is 11.9. The molecule has 1 aromatic carbocycles. The molecule has 1 amide bonds. The van der Waals surface area contributed by atoms with Gasteiger partial charge in [0.1, 0.15) is 6.04 Å². The number of nitrogens with zero attached hydrogens (tertiary/aromatic N) is 3. The molecule has 1 fully saturated rings. The number of halogens is 3. The van der Waals surface area contributed by atoms with Gasteiger partial charge in [0.2, 0.25) is 11.9 Å². The second kappa shape index (κ2) is 5.86. The Morgan fingerprint density at radius 3 is 2.39 bits per heavy atom. The Labute approximate surface area is 130 Å². The van der Waals surface area contributed by atoms with Crippen molar-refractivity contribution in [3.05, 3.63) is 48.3 Å². The normalized spacial score (nSPS) is 18.3. The summed E-state index contributed by atoms with van der Waals surface area (Å²) in [5.74, 6) is 0.136. The Bertz CT molecular complexity index is 688. The lowest BCUT2D eigenvalue weighted by Gasteiger charge is -2.18. The molecule has 1 aromatic heterocycles. The Balaban J connectivity index is 1.71. The van der Waals surface area contributed by atoms with Gasteiger partial charge in [0.05, 0.1) is 5.56 Å². The molecular weight excluding hydrogens is 309 g/mol. The van der Waals surface area contributed by atoms with E-state index in [0.29, 0.717) is 24.6 Å². The number of rotatable bonds is 3. The summed E-state index contributed by atoms with van der Waals surface area (Å²) in [7, 11) is 0. The smallest absolute Gasteiger partial charge is 0.342 e. The van der Waals surface area contributed by atoms with E-state index in [2.05, 4.69) is 15.3 Å². The van der Waals surface area contributed by atoms with Crippen LogP contribution in [0.15, 0.2) is 42.7 Å². The van der Waals surface area contributed by atoms with E-state index in [1.165, 1.54) is 17.0 Å². The number of benzene rings is 1. The third-order valence-corrected chi connectivity index (χ3v) is 3.58. The van der Waals surface area contributed by atoms with Crippen LogP contribution in [0, 0.1) is 0 Å². The molecule has 0 bridgehead atoms. The number of carbonyl (C=O) groups excluding carboxylic acids is 1. The molecule has 1 N–H and O–H groups in total. The van der Waals surface area contributed by atoms with Crippen LogP contribution >= 0.6 is 0 Å². The molecule has 1 aliphatic rings. The first-order chi connectivity index (χ1) is 10.9. The van der Waals surface area contributed by atoms with Crippen LogP contribution in [0.3, 0.4) is 0 Å². The molecule has 3 rings (SSSR count). The number of anilines is 2. The zero-order valence-electron chi connectivity index (χ0n) is 11.9. The third kappa shape index (κ3) is 3.25. The molecule has 0 unspecified atom stereocenters. The minimum absolute atomic E-state index is 0.211. The maximum absolute atomic E-state index is 12.6. The van der Waals surface area contributed by atoms with Crippen molar-refractivity contribution in [3.8, 4) is 0 Å². The average Bonchev–Trinajstić information content (AvgIpc) is 2.89. The van der Waals surface area contributed by atoms with Gasteiger partial charge in [0.25, 0.3) is 0 Å². The fourth-order valence-electron chi connectivity index (χ4n) is 2.43. The molecule has 1 saturated heterocycles. The van der Waals surface area contributed by atoms with Crippen LogP contribution in [-0.2, 0) is 11.0 Å². The molecule has 1 aliphatic heterocycles. The molecule has 23 heavy (non-hydrogen) atoms. The van der Waals surface area contributed by atoms with Crippen molar-refractivity contribution in [1.29, 1.82) is 0 Å². The highest BCUT2D eigenvalue weighted by Gasteiger charge is 2.34. The highest BCUT2D eigenvalue weighted by Crippen LogP contribution is 2.31. The lowest BCUT2D eigenvalue weighted by molar-refractivity contribution is -0.137. The van der Waals surface area contributed by atoms with Gasteiger partial charge in [-0.2, -0.15) is 13.2 Å². The van der Waals surface area contributed by atoms with Gasteiger partial charge in [0, 0.05) is 24.6 Å². The molecule has 0 radical (unpaired) electrons. The summed E-state index contributed by atoms with van der Waals surface area (Å²) < 4.78 is 37.7. The number of carbonyl (C=O) groups is 1. The predicted octanol–water partition coefficient (Wildman–Crippen LogP) is 2.71. The van der Waals surface area contributed by atoms with E-state index in [4.69, 9.17) is 0 Å². The topological polar surface area (TPSA) is 58.1 Å². The molecule has 2 aromatic rings. The maximum atomic E-state index is 12.6. The van der Waals surface area contributed by atoms with E-state index in [-0.39, 0.29) is 5.91 Å². The van der Waals surface area contributed by atoms with Gasteiger partial charge in [-0.3, -0.25) is 4.79 Å². The van der Waals surface area contributed by atoms with Gasteiger partial charge < -0.3 is 10.2 Å². The number of hydrogen-bond acceptors (Lipinski definition) is 4. The molecule has 0 spiro atoms. The molecule has 2 heterocycles. The van der Waals surface area contributed by atoms with E-state index < -0.39 is 17.8 Å². The van der Waals surface area contributed by atoms with Gasteiger partial charge in [-0.1, -0.05) is 0 Å². The maximum Gasteiger partial charge on any atom is 0.416 e. The van der Waals surface area contributed by atoms with Crippen LogP contribution in [0.5, 0.6) is 0 Å². The Morgan fingerprint density at radius 2 is 1.78 bits per heavy atom. The number of hydrogen-bond donors (Lipinski definition) is 1. The standard InChI is InChI=1S/C15H13F3N4O/c16-15(17,18)10-2-4-11(5-3-10)22-9-6-12(13(22)23)21-14-19-7-1-8-20-14/h1-5,7-8,12H,6,9H2,(H,19,20,21)/t12-/m0/s1. The Kier molecular flexibility index (Phi) is 3.89.